The highest BCUT2D eigenvalue weighted by atomic mass is 32.1. The van der Waals surface area contributed by atoms with Crippen LogP contribution in [0.1, 0.15) is 28.4 Å². The van der Waals surface area contributed by atoms with Crippen LogP contribution in [-0.2, 0) is 0 Å². The van der Waals surface area contributed by atoms with E-state index in [4.69, 9.17) is 4.74 Å². The van der Waals surface area contributed by atoms with Crippen LogP contribution in [0.15, 0.2) is 36.4 Å². The summed E-state index contributed by atoms with van der Waals surface area (Å²) < 4.78 is 6.49. The van der Waals surface area contributed by atoms with Crippen molar-refractivity contribution in [2.24, 2.45) is 0 Å². The number of carbonyl (C=O) groups is 1. The van der Waals surface area contributed by atoms with Crippen molar-refractivity contribution in [3.63, 3.8) is 0 Å². The summed E-state index contributed by atoms with van der Waals surface area (Å²) in [6, 6.07) is 11.3. The zero-order valence-electron chi connectivity index (χ0n) is 13.3. The maximum Gasteiger partial charge on any atom is 0.257 e. The second-order valence-corrected chi connectivity index (χ2v) is 6.36. The number of rotatable bonds is 4. The normalized spacial score (nSPS) is 10.7. The van der Waals surface area contributed by atoms with Crippen LogP contribution in [-0.4, -0.2) is 17.5 Å². The van der Waals surface area contributed by atoms with Crippen LogP contribution in [0.4, 0.5) is 5.13 Å². The summed E-state index contributed by atoms with van der Waals surface area (Å²) in [5.74, 6) is 0.594. The van der Waals surface area contributed by atoms with E-state index in [1.807, 2.05) is 19.9 Å². The molecule has 2 aromatic carbocycles. The third-order valence-electron chi connectivity index (χ3n) is 3.47. The summed E-state index contributed by atoms with van der Waals surface area (Å²) in [5, 5.41) is 3.49. The van der Waals surface area contributed by atoms with Crippen molar-refractivity contribution in [3.8, 4) is 5.75 Å². The van der Waals surface area contributed by atoms with Crippen molar-refractivity contribution in [2.45, 2.75) is 20.8 Å². The molecule has 1 heterocycles. The van der Waals surface area contributed by atoms with Crippen LogP contribution < -0.4 is 10.1 Å². The minimum atomic E-state index is -0.165. The smallest absolute Gasteiger partial charge is 0.257 e. The van der Waals surface area contributed by atoms with E-state index in [9.17, 15) is 4.79 Å². The average Bonchev–Trinajstić information content (AvgIpc) is 2.91. The Bertz CT molecular complexity index is 853. The van der Waals surface area contributed by atoms with Crippen molar-refractivity contribution < 1.29 is 9.53 Å². The molecule has 3 aromatic rings. The van der Waals surface area contributed by atoms with Crippen LogP contribution in [0, 0.1) is 13.8 Å². The van der Waals surface area contributed by atoms with Crippen molar-refractivity contribution >= 4 is 32.6 Å². The van der Waals surface area contributed by atoms with E-state index in [-0.39, 0.29) is 5.91 Å². The molecule has 1 amide bonds. The Labute approximate surface area is 139 Å². The fraction of sp³-hybridized carbons (Fsp3) is 0.222. The van der Waals surface area contributed by atoms with E-state index in [0.29, 0.717) is 17.3 Å². The van der Waals surface area contributed by atoms with Gasteiger partial charge in [0.05, 0.1) is 16.8 Å². The third-order valence-corrected chi connectivity index (χ3v) is 4.59. The Morgan fingerprint density at radius 2 is 1.96 bits per heavy atom. The van der Waals surface area contributed by atoms with E-state index >= 15 is 0 Å². The monoisotopic (exact) mass is 326 g/mol. The van der Waals surface area contributed by atoms with Gasteiger partial charge in [-0.25, -0.2) is 4.98 Å². The minimum absolute atomic E-state index is 0.165. The number of thiazole rings is 1. The predicted octanol–water partition coefficient (Wildman–Crippen LogP) is 4.56. The van der Waals surface area contributed by atoms with Crippen molar-refractivity contribution in [3.05, 3.63) is 53.1 Å². The molecule has 0 aliphatic carbocycles. The highest BCUT2D eigenvalue weighted by Gasteiger charge is 2.11. The number of aryl methyl sites for hydroxylation is 2. The largest absolute Gasteiger partial charge is 0.494 e. The molecule has 0 spiro atoms. The minimum Gasteiger partial charge on any atom is -0.494 e. The molecule has 1 aromatic heterocycles. The summed E-state index contributed by atoms with van der Waals surface area (Å²) in [5.41, 5.74) is 3.86. The molecule has 118 valence electrons. The Hall–Kier alpha value is -2.40. The lowest BCUT2D eigenvalue weighted by atomic mass is 10.1. The van der Waals surface area contributed by atoms with Gasteiger partial charge in [-0.15, -0.1) is 0 Å². The van der Waals surface area contributed by atoms with E-state index in [2.05, 4.69) is 23.3 Å². The Balaban J connectivity index is 1.81. The zero-order valence-corrected chi connectivity index (χ0v) is 14.2. The number of nitrogens with zero attached hydrogens (tertiary/aromatic N) is 1. The average molecular weight is 326 g/mol. The first-order chi connectivity index (χ1) is 11.1. The van der Waals surface area contributed by atoms with Gasteiger partial charge in [-0.2, -0.15) is 0 Å². The van der Waals surface area contributed by atoms with Crippen LogP contribution in [0.5, 0.6) is 5.75 Å². The maximum absolute atomic E-state index is 12.3. The van der Waals surface area contributed by atoms with Gasteiger partial charge >= 0.3 is 0 Å². The molecule has 4 nitrogen and oxygen atoms in total. The van der Waals surface area contributed by atoms with E-state index in [0.717, 1.165) is 16.0 Å². The Kier molecular flexibility index (Phi) is 4.30. The predicted molar refractivity (Wildman–Crippen MR) is 94.7 cm³/mol. The second kappa shape index (κ2) is 6.38. The lowest BCUT2D eigenvalue weighted by Gasteiger charge is -2.04. The number of nitrogens with one attached hydrogen (secondary N) is 1. The molecule has 0 aliphatic heterocycles. The molecule has 0 radical (unpaired) electrons. The number of amides is 1. The van der Waals surface area contributed by atoms with E-state index in [1.165, 1.54) is 22.5 Å². The first-order valence-electron chi connectivity index (χ1n) is 7.49. The molecule has 0 atom stereocenters. The molecule has 0 aliphatic rings. The van der Waals surface area contributed by atoms with Crippen molar-refractivity contribution in [1.82, 2.24) is 4.98 Å². The van der Waals surface area contributed by atoms with Gasteiger partial charge in [0.25, 0.3) is 5.91 Å². The summed E-state index contributed by atoms with van der Waals surface area (Å²) in [6.07, 6.45) is 0. The molecular weight excluding hydrogens is 308 g/mol. The molecule has 3 rings (SSSR count). The summed E-state index contributed by atoms with van der Waals surface area (Å²) in [7, 11) is 0. The van der Waals surface area contributed by atoms with Crippen LogP contribution in [0.25, 0.3) is 10.2 Å². The highest BCUT2D eigenvalue weighted by molar-refractivity contribution is 7.22. The number of hydrogen-bond acceptors (Lipinski definition) is 4. The number of anilines is 1. The molecule has 0 saturated carbocycles. The van der Waals surface area contributed by atoms with Gasteiger partial charge in [0.15, 0.2) is 5.13 Å². The number of ether oxygens (including phenoxy) is 1. The number of hydrogen-bond donors (Lipinski definition) is 1. The fourth-order valence-corrected chi connectivity index (χ4v) is 3.38. The summed E-state index contributed by atoms with van der Waals surface area (Å²) >= 11 is 1.50. The van der Waals surface area contributed by atoms with Gasteiger partial charge < -0.3 is 4.74 Å². The molecule has 0 fully saturated rings. The fourth-order valence-electron chi connectivity index (χ4n) is 2.47. The molecule has 0 saturated heterocycles. The van der Waals surface area contributed by atoms with Crippen LogP contribution in [0.3, 0.4) is 0 Å². The number of carbonyl (C=O) groups excluding carboxylic acids is 1. The van der Waals surface area contributed by atoms with Crippen LogP contribution >= 0.6 is 11.3 Å². The van der Waals surface area contributed by atoms with Gasteiger partial charge in [-0.05, 0) is 62.2 Å². The number of aromatic nitrogens is 1. The number of benzene rings is 2. The second-order valence-electron chi connectivity index (χ2n) is 5.36. The molecule has 0 bridgehead atoms. The molecule has 5 heteroatoms. The lowest BCUT2D eigenvalue weighted by Crippen LogP contribution is -2.11. The highest BCUT2D eigenvalue weighted by Crippen LogP contribution is 2.30. The van der Waals surface area contributed by atoms with Crippen LogP contribution in [0.2, 0.25) is 0 Å². The summed E-state index contributed by atoms with van der Waals surface area (Å²) in [4.78, 5) is 16.8. The van der Waals surface area contributed by atoms with Gasteiger partial charge in [-0.3, -0.25) is 10.1 Å². The quantitative estimate of drug-likeness (QED) is 0.764. The van der Waals surface area contributed by atoms with Gasteiger partial charge in [-0.1, -0.05) is 17.4 Å². The third kappa shape index (κ3) is 3.35. The molecule has 23 heavy (non-hydrogen) atoms. The Morgan fingerprint density at radius 3 is 2.65 bits per heavy atom. The maximum atomic E-state index is 12.3. The Morgan fingerprint density at radius 1 is 1.22 bits per heavy atom. The first-order valence-corrected chi connectivity index (χ1v) is 8.30. The van der Waals surface area contributed by atoms with Gasteiger partial charge in [0.1, 0.15) is 5.75 Å². The first kappa shape index (κ1) is 15.5. The zero-order chi connectivity index (χ0) is 16.4. The van der Waals surface area contributed by atoms with E-state index < -0.39 is 0 Å². The van der Waals surface area contributed by atoms with Crippen molar-refractivity contribution in [2.75, 3.05) is 11.9 Å². The standard InChI is InChI=1S/C18H18N2O2S/c1-4-22-14-7-5-13(6-8-14)17(21)20-18-19-15-10-11(2)9-12(3)16(15)23-18/h5-10H,4H2,1-3H3,(H,19,20,21). The topological polar surface area (TPSA) is 51.2 Å². The molecule has 1 N–H and O–H groups in total. The number of fused-ring (bicyclic) bond motifs is 1. The SMILES string of the molecule is CCOc1ccc(C(=O)Nc2nc3cc(C)cc(C)c3s2)cc1. The van der Waals surface area contributed by atoms with Crippen molar-refractivity contribution in [1.29, 1.82) is 0 Å². The lowest BCUT2D eigenvalue weighted by molar-refractivity contribution is 0.102. The van der Waals surface area contributed by atoms with Gasteiger partial charge in [0, 0.05) is 5.56 Å². The summed E-state index contributed by atoms with van der Waals surface area (Å²) in [6.45, 7) is 6.64. The van der Waals surface area contributed by atoms with E-state index in [1.54, 1.807) is 24.3 Å². The molecule has 0 unspecified atom stereocenters. The molecular formula is C18H18N2O2S. The van der Waals surface area contributed by atoms with Gasteiger partial charge in [0.2, 0.25) is 0 Å².